The van der Waals surface area contributed by atoms with Crippen LogP contribution in [0.15, 0.2) is 247 Å². The first kappa shape index (κ1) is 37.1. The van der Waals surface area contributed by atoms with Crippen molar-refractivity contribution in [2.75, 3.05) is 4.90 Å². The summed E-state index contributed by atoms with van der Waals surface area (Å²) < 4.78 is 2.05. The van der Waals surface area contributed by atoms with Crippen LogP contribution < -0.4 is 10.5 Å². The van der Waals surface area contributed by atoms with E-state index in [4.69, 9.17) is 0 Å². The third kappa shape index (κ3) is 5.46. The zero-order valence-electron chi connectivity index (χ0n) is 35.4. The monoisotopic (exact) mass is 828 g/mol. The lowest BCUT2D eigenvalue weighted by Gasteiger charge is -2.49. The fourth-order valence-corrected chi connectivity index (χ4v) is 11.0. The first-order valence-electron chi connectivity index (χ1n) is 22.3. The molecule has 0 aliphatic carbocycles. The van der Waals surface area contributed by atoms with Gasteiger partial charge in [0.1, 0.15) is 0 Å². The van der Waals surface area contributed by atoms with Crippen LogP contribution in [-0.2, 0) is 5.41 Å². The molecule has 0 N–H and O–H groups in total. The highest BCUT2D eigenvalue weighted by molar-refractivity contribution is 6.14. The number of para-hydroxylation sites is 2. The maximum absolute atomic E-state index is 15.9. The Labute approximate surface area is 377 Å². The SMILES string of the molecule is O=c1c2c(-c3ccccc3)cccc2c2cc(-c3ccccc3)cc3c2n1-c1ccc(-c2ccccc2)cc1C31c2ccccc2N(c2ccc(-c3ccccc3)cc2)c2ccccc21. The van der Waals surface area contributed by atoms with Gasteiger partial charge in [-0.3, -0.25) is 9.36 Å². The second-order valence-electron chi connectivity index (χ2n) is 17.2. The van der Waals surface area contributed by atoms with Gasteiger partial charge >= 0.3 is 0 Å². The lowest BCUT2D eigenvalue weighted by molar-refractivity contribution is 0.709. The van der Waals surface area contributed by atoms with Crippen LogP contribution in [0.2, 0.25) is 0 Å². The highest BCUT2D eigenvalue weighted by Gasteiger charge is 2.51. The Kier molecular flexibility index (Phi) is 8.28. The topological polar surface area (TPSA) is 25.2 Å². The molecule has 13 rings (SSSR count). The molecular weight excluding hydrogens is 789 g/mol. The minimum atomic E-state index is -0.853. The third-order valence-electron chi connectivity index (χ3n) is 13.8. The smallest absolute Gasteiger partial charge is 0.264 e. The van der Waals surface area contributed by atoms with Gasteiger partial charge in [0, 0.05) is 11.1 Å². The van der Waals surface area contributed by atoms with Gasteiger partial charge in [0.15, 0.2) is 0 Å². The normalized spacial score (nSPS) is 13.1. The molecule has 0 atom stereocenters. The van der Waals surface area contributed by atoms with Crippen molar-refractivity contribution in [3.63, 3.8) is 0 Å². The van der Waals surface area contributed by atoms with Crippen molar-refractivity contribution in [2.24, 2.45) is 0 Å². The first-order chi connectivity index (χ1) is 32.2. The molecule has 2 aliphatic heterocycles. The van der Waals surface area contributed by atoms with E-state index >= 15 is 4.79 Å². The number of anilines is 3. The van der Waals surface area contributed by atoms with Crippen molar-refractivity contribution in [2.45, 2.75) is 5.41 Å². The zero-order valence-corrected chi connectivity index (χ0v) is 35.4. The molecule has 11 aromatic rings. The molecule has 0 saturated heterocycles. The third-order valence-corrected chi connectivity index (χ3v) is 13.8. The van der Waals surface area contributed by atoms with Crippen LogP contribution in [0.5, 0.6) is 0 Å². The summed E-state index contributed by atoms with van der Waals surface area (Å²) in [6.07, 6.45) is 0. The van der Waals surface area contributed by atoms with Crippen LogP contribution in [0.25, 0.3) is 71.9 Å². The van der Waals surface area contributed by atoms with Gasteiger partial charge in [0.05, 0.1) is 33.4 Å². The van der Waals surface area contributed by atoms with Crippen LogP contribution in [0.1, 0.15) is 22.3 Å². The number of aromatic nitrogens is 1. The van der Waals surface area contributed by atoms with Gasteiger partial charge in [0.25, 0.3) is 5.56 Å². The van der Waals surface area contributed by atoms with Crippen LogP contribution in [0.4, 0.5) is 17.1 Å². The molecule has 10 aromatic carbocycles. The largest absolute Gasteiger partial charge is 0.310 e. The van der Waals surface area contributed by atoms with E-state index in [1.807, 2.05) is 22.8 Å². The summed E-state index contributed by atoms with van der Waals surface area (Å²) in [7, 11) is 0. The average molecular weight is 829 g/mol. The number of nitrogens with zero attached hydrogens (tertiary/aromatic N) is 2. The predicted octanol–water partition coefficient (Wildman–Crippen LogP) is 15.3. The Morgan fingerprint density at radius 2 is 0.815 bits per heavy atom. The van der Waals surface area contributed by atoms with Gasteiger partial charge in [0.2, 0.25) is 0 Å². The molecule has 304 valence electrons. The Morgan fingerprint density at radius 3 is 1.43 bits per heavy atom. The second kappa shape index (κ2) is 14.5. The number of fused-ring (bicyclic) bond motifs is 10. The van der Waals surface area contributed by atoms with E-state index in [1.54, 1.807) is 0 Å². The number of rotatable bonds is 5. The van der Waals surface area contributed by atoms with Crippen LogP contribution >= 0.6 is 0 Å². The van der Waals surface area contributed by atoms with E-state index in [-0.39, 0.29) is 5.56 Å². The summed E-state index contributed by atoms with van der Waals surface area (Å²) in [6, 6.07) is 86.8. The lowest BCUT2D eigenvalue weighted by Crippen LogP contribution is -2.42. The first-order valence-corrected chi connectivity index (χ1v) is 22.3. The van der Waals surface area contributed by atoms with Crippen LogP contribution in [0.3, 0.4) is 0 Å². The minimum absolute atomic E-state index is 0.0262. The van der Waals surface area contributed by atoms with Crippen LogP contribution in [0, 0.1) is 0 Å². The molecule has 0 unspecified atom stereocenters. The number of benzene rings is 10. The van der Waals surface area contributed by atoms with Crippen molar-refractivity contribution in [1.29, 1.82) is 0 Å². The van der Waals surface area contributed by atoms with Gasteiger partial charge < -0.3 is 4.90 Å². The van der Waals surface area contributed by atoms with Crippen molar-refractivity contribution in [3.8, 4) is 50.2 Å². The molecule has 0 saturated carbocycles. The molecule has 3 heterocycles. The van der Waals surface area contributed by atoms with Crippen molar-refractivity contribution in [1.82, 2.24) is 4.57 Å². The van der Waals surface area contributed by atoms with Gasteiger partial charge in [-0.05, 0) is 121 Å². The fourth-order valence-electron chi connectivity index (χ4n) is 11.0. The summed E-state index contributed by atoms with van der Waals surface area (Å²) >= 11 is 0. The standard InChI is InChI=1S/C62H40N2O/c65-61-59-49(45-24-11-4-12-25-45)26-17-27-50(59)51-38-47(43-22-9-3-10-23-43)40-55-60(51)64(61)58-37-34-46(42-20-7-2-8-21-42)39-54(58)62(55)52-28-13-15-30-56(52)63(57-31-16-14-29-53(57)62)48-35-32-44(33-36-48)41-18-5-1-6-19-41/h1-40H. The predicted molar refractivity (Wildman–Crippen MR) is 269 cm³/mol. The van der Waals surface area contributed by atoms with Crippen molar-refractivity contribution in [3.05, 3.63) is 275 Å². The van der Waals surface area contributed by atoms with E-state index in [2.05, 4.69) is 229 Å². The second-order valence-corrected chi connectivity index (χ2v) is 17.2. The Bertz CT molecular complexity index is 3660. The molecule has 0 bridgehead atoms. The summed E-state index contributed by atoms with van der Waals surface area (Å²) in [4.78, 5) is 18.3. The van der Waals surface area contributed by atoms with Crippen LogP contribution in [-0.4, -0.2) is 4.57 Å². The molecule has 0 radical (unpaired) electrons. The van der Waals surface area contributed by atoms with Gasteiger partial charge in [-0.2, -0.15) is 0 Å². The summed E-state index contributed by atoms with van der Waals surface area (Å²) in [5.74, 6) is 0. The van der Waals surface area contributed by atoms with E-state index in [0.29, 0.717) is 5.39 Å². The summed E-state index contributed by atoms with van der Waals surface area (Å²) in [5.41, 5.74) is 17.4. The van der Waals surface area contributed by atoms with E-state index in [0.717, 1.165) is 94.7 Å². The summed E-state index contributed by atoms with van der Waals surface area (Å²) in [6.45, 7) is 0. The maximum atomic E-state index is 15.9. The lowest BCUT2D eigenvalue weighted by atomic mass is 9.60. The highest BCUT2D eigenvalue weighted by Crippen LogP contribution is 2.62. The van der Waals surface area contributed by atoms with Gasteiger partial charge in [-0.15, -0.1) is 0 Å². The van der Waals surface area contributed by atoms with E-state index in [9.17, 15) is 0 Å². The number of pyridine rings is 1. The average Bonchev–Trinajstić information content (AvgIpc) is 3.39. The van der Waals surface area contributed by atoms with E-state index in [1.165, 1.54) is 11.1 Å². The fraction of sp³-hybridized carbons (Fsp3) is 0.0161. The minimum Gasteiger partial charge on any atom is -0.310 e. The Hall–Kier alpha value is -8.53. The molecule has 0 amide bonds. The Balaban J connectivity index is 1.20. The van der Waals surface area contributed by atoms with E-state index < -0.39 is 5.41 Å². The molecule has 0 fully saturated rings. The quantitative estimate of drug-likeness (QED) is 0.162. The molecule has 1 spiro atoms. The molecule has 65 heavy (non-hydrogen) atoms. The molecule has 3 nitrogen and oxygen atoms in total. The van der Waals surface area contributed by atoms with Gasteiger partial charge in [-0.25, -0.2) is 0 Å². The maximum Gasteiger partial charge on any atom is 0.264 e. The molecule has 3 heteroatoms. The molecule has 2 aliphatic rings. The highest BCUT2D eigenvalue weighted by atomic mass is 16.1. The number of hydrogen-bond acceptors (Lipinski definition) is 2. The van der Waals surface area contributed by atoms with Gasteiger partial charge in [-0.1, -0.05) is 194 Å². The molecular formula is C62H40N2O. The summed E-state index contributed by atoms with van der Waals surface area (Å²) in [5, 5.41) is 2.70. The zero-order chi connectivity index (χ0) is 43.1. The molecule has 1 aromatic heterocycles. The number of hydrogen-bond donors (Lipinski definition) is 0. The van der Waals surface area contributed by atoms with Crippen molar-refractivity contribution < 1.29 is 0 Å². The van der Waals surface area contributed by atoms with Crippen molar-refractivity contribution >= 4 is 38.7 Å². The Morgan fingerprint density at radius 1 is 0.323 bits per heavy atom.